The van der Waals surface area contributed by atoms with Crippen LogP contribution in [0, 0.1) is 0 Å². The van der Waals surface area contributed by atoms with Crippen LogP contribution in [-0.4, -0.2) is 19.2 Å². The van der Waals surface area contributed by atoms with E-state index >= 15 is 0 Å². The van der Waals surface area contributed by atoms with E-state index in [1.165, 1.54) is 25.0 Å². The molecule has 0 bridgehead atoms. The van der Waals surface area contributed by atoms with Crippen LogP contribution < -0.4 is 0 Å². The van der Waals surface area contributed by atoms with Crippen LogP contribution in [0.5, 0.6) is 0 Å². The molecule has 0 saturated carbocycles. The standard InChI is InChI=1S/C8H16BN/c1-4-5-6-7-8(2)10-9-3/h3-7H2,1-2H3. The SMILES string of the molecule is C=BN=C(C)CCCCC. The van der Waals surface area contributed by atoms with Gasteiger partial charge in [-0.05, 0) is 0 Å². The first-order valence-corrected chi connectivity index (χ1v) is 3.95. The van der Waals surface area contributed by atoms with Crippen molar-refractivity contribution in [1.29, 1.82) is 0 Å². The van der Waals surface area contributed by atoms with E-state index in [9.17, 15) is 0 Å². The molecule has 2 heteroatoms. The summed E-state index contributed by atoms with van der Waals surface area (Å²) in [6.45, 7) is 7.80. The monoisotopic (exact) mass is 137 g/mol. The zero-order chi connectivity index (χ0) is 7.82. The van der Waals surface area contributed by atoms with Crippen molar-refractivity contribution in [3.05, 3.63) is 0 Å². The van der Waals surface area contributed by atoms with Gasteiger partial charge in [-0.25, -0.2) is 0 Å². The van der Waals surface area contributed by atoms with Gasteiger partial charge < -0.3 is 0 Å². The Morgan fingerprint density at radius 2 is 2.20 bits per heavy atom. The molecule has 56 valence electrons. The van der Waals surface area contributed by atoms with E-state index in [0.29, 0.717) is 0 Å². The van der Waals surface area contributed by atoms with E-state index in [1.54, 1.807) is 7.06 Å². The van der Waals surface area contributed by atoms with E-state index < -0.39 is 0 Å². The first kappa shape index (κ1) is 9.60. The van der Waals surface area contributed by atoms with Crippen molar-refractivity contribution < 1.29 is 0 Å². The number of rotatable bonds is 5. The van der Waals surface area contributed by atoms with Crippen molar-refractivity contribution in [2.75, 3.05) is 0 Å². The van der Waals surface area contributed by atoms with Crippen LogP contribution in [0.2, 0.25) is 0 Å². The van der Waals surface area contributed by atoms with Crippen LogP contribution in [-0.2, 0) is 0 Å². The molecule has 0 aliphatic rings. The van der Waals surface area contributed by atoms with Gasteiger partial charge >= 0.3 is 63.7 Å². The fourth-order valence-corrected chi connectivity index (χ4v) is 0.851. The molecule has 0 aromatic heterocycles. The summed E-state index contributed by atoms with van der Waals surface area (Å²) in [5, 5.41) is 0. The minimum atomic E-state index is 1.12. The number of nitrogens with zero attached hydrogens (tertiary/aromatic N) is 1. The molecule has 0 saturated heterocycles. The Hall–Kier alpha value is -0.395. The maximum atomic E-state index is 4.08. The summed E-state index contributed by atoms with van der Waals surface area (Å²) in [5.74, 6) is 0. The minimum absolute atomic E-state index is 1.12. The van der Waals surface area contributed by atoms with E-state index in [1.807, 2.05) is 0 Å². The molecule has 0 atom stereocenters. The molecule has 0 amide bonds. The van der Waals surface area contributed by atoms with Gasteiger partial charge in [-0.2, -0.15) is 0 Å². The summed E-state index contributed by atoms with van der Waals surface area (Å²) in [4.78, 5) is 4.08. The Labute approximate surface area is 64.5 Å². The van der Waals surface area contributed by atoms with Crippen molar-refractivity contribution in [1.82, 2.24) is 0 Å². The van der Waals surface area contributed by atoms with Gasteiger partial charge in [-0.15, -0.1) is 0 Å². The Balaban J connectivity index is 3.29. The molecule has 0 aliphatic heterocycles. The fourth-order valence-electron chi connectivity index (χ4n) is 0.851. The van der Waals surface area contributed by atoms with E-state index in [4.69, 9.17) is 0 Å². The summed E-state index contributed by atoms with van der Waals surface area (Å²) >= 11 is 0. The third kappa shape index (κ3) is 5.74. The van der Waals surface area contributed by atoms with Crippen LogP contribution in [0.3, 0.4) is 0 Å². The van der Waals surface area contributed by atoms with Crippen molar-refractivity contribution in [2.45, 2.75) is 39.5 Å². The summed E-state index contributed by atoms with van der Waals surface area (Å²) in [5.41, 5.74) is 1.20. The average molecular weight is 137 g/mol. The van der Waals surface area contributed by atoms with Gasteiger partial charge in [0.05, 0.1) is 0 Å². The fraction of sp³-hybridized carbons (Fsp3) is 0.750. The van der Waals surface area contributed by atoms with Gasteiger partial charge in [-0.1, -0.05) is 0 Å². The molecule has 0 heterocycles. The van der Waals surface area contributed by atoms with Gasteiger partial charge in [0.15, 0.2) is 0 Å². The van der Waals surface area contributed by atoms with Crippen LogP contribution in [0.1, 0.15) is 39.5 Å². The molecule has 1 nitrogen and oxygen atoms in total. The number of hydrogen-bond acceptors (Lipinski definition) is 1. The Kier molecular flexibility index (Phi) is 6.46. The van der Waals surface area contributed by atoms with Gasteiger partial charge in [-0.3, -0.25) is 0 Å². The van der Waals surface area contributed by atoms with Crippen molar-refractivity contribution >= 4 is 19.2 Å². The Morgan fingerprint density at radius 3 is 2.70 bits per heavy atom. The molecule has 0 aromatic rings. The second-order valence-corrected chi connectivity index (χ2v) is 2.50. The van der Waals surface area contributed by atoms with Crippen LogP contribution in [0.25, 0.3) is 0 Å². The quantitative estimate of drug-likeness (QED) is 0.312. The molecule has 10 heavy (non-hydrogen) atoms. The molecule has 0 unspecified atom stereocenters. The molecular formula is C8H16BN. The molecule has 0 radical (unpaired) electrons. The predicted octanol–water partition coefficient (Wildman–Crippen LogP) is 2.08. The molecular weight excluding hydrogens is 121 g/mol. The zero-order valence-electron chi connectivity index (χ0n) is 7.06. The Morgan fingerprint density at radius 1 is 1.50 bits per heavy atom. The van der Waals surface area contributed by atoms with Crippen LogP contribution >= 0.6 is 0 Å². The Bertz CT molecular complexity index is 118. The average Bonchev–Trinajstić information content (AvgIpc) is 1.89. The van der Waals surface area contributed by atoms with E-state index in [0.717, 1.165) is 6.42 Å². The van der Waals surface area contributed by atoms with Crippen molar-refractivity contribution in [2.24, 2.45) is 4.90 Å². The normalized spacial score (nSPS) is 11.2. The summed E-state index contributed by atoms with van der Waals surface area (Å²) in [6.07, 6.45) is 4.98. The van der Waals surface area contributed by atoms with Crippen LogP contribution in [0.15, 0.2) is 4.90 Å². The van der Waals surface area contributed by atoms with E-state index in [2.05, 4.69) is 25.2 Å². The third-order valence-corrected chi connectivity index (χ3v) is 1.45. The van der Waals surface area contributed by atoms with Crippen molar-refractivity contribution in [3.63, 3.8) is 0 Å². The summed E-state index contributed by atoms with van der Waals surface area (Å²) in [7, 11) is 1.61. The molecule has 0 spiro atoms. The first-order chi connectivity index (χ1) is 4.81. The van der Waals surface area contributed by atoms with Gasteiger partial charge in [0.25, 0.3) is 0 Å². The van der Waals surface area contributed by atoms with Gasteiger partial charge in [0.2, 0.25) is 0 Å². The maximum absolute atomic E-state index is 4.08. The first-order valence-electron chi connectivity index (χ1n) is 3.95. The van der Waals surface area contributed by atoms with Gasteiger partial charge in [0.1, 0.15) is 0 Å². The predicted molar refractivity (Wildman–Crippen MR) is 50.1 cm³/mol. The third-order valence-electron chi connectivity index (χ3n) is 1.45. The van der Waals surface area contributed by atoms with Crippen molar-refractivity contribution in [3.8, 4) is 0 Å². The molecule has 0 fully saturated rings. The second kappa shape index (κ2) is 6.72. The number of unbranched alkanes of at least 4 members (excludes halogenated alkanes) is 2. The zero-order valence-corrected chi connectivity index (χ0v) is 7.06. The molecule has 0 N–H and O–H groups in total. The van der Waals surface area contributed by atoms with Gasteiger partial charge in [0, 0.05) is 0 Å². The molecule has 0 aliphatic carbocycles. The summed E-state index contributed by atoms with van der Waals surface area (Å²) in [6, 6.07) is 0. The molecule has 0 rings (SSSR count). The van der Waals surface area contributed by atoms with Crippen LogP contribution in [0.4, 0.5) is 0 Å². The van der Waals surface area contributed by atoms with E-state index in [-0.39, 0.29) is 0 Å². The number of hydrogen-bond donors (Lipinski definition) is 0. The topological polar surface area (TPSA) is 12.4 Å². The molecule has 0 aromatic carbocycles. The summed E-state index contributed by atoms with van der Waals surface area (Å²) < 4.78 is 0. The second-order valence-electron chi connectivity index (χ2n) is 2.50.